The second-order valence-electron chi connectivity index (χ2n) is 11.3. The monoisotopic (exact) mass is 639 g/mol. The number of amides is 2. The van der Waals surface area contributed by atoms with E-state index >= 15 is 0 Å². The SMILES string of the molecule is COc1cccc(N(CCCC(=O)N(Cc2ccccc2Cl)[C@H](Cc2ccccc2)C(=O)NC2CCCCC2)S(C)(=O)=O)c1. The zero-order valence-corrected chi connectivity index (χ0v) is 27.0. The van der Waals surface area contributed by atoms with E-state index in [1.165, 1.54) is 11.4 Å². The van der Waals surface area contributed by atoms with Crippen molar-refractivity contribution in [3.05, 3.63) is 95.0 Å². The molecule has 44 heavy (non-hydrogen) atoms. The van der Waals surface area contributed by atoms with Crippen molar-refractivity contribution in [3.63, 3.8) is 0 Å². The lowest BCUT2D eigenvalue weighted by atomic mass is 9.94. The second kappa shape index (κ2) is 16.0. The third-order valence-corrected chi connectivity index (χ3v) is 9.58. The molecule has 10 heteroatoms. The van der Waals surface area contributed by atoms with Crippen LogP contribution >= 0.6 is 11.6 Å². The molecule has 0 heterocycles. The Hall–Kier alpha value is -3.56. The number of carbonyl (C=O) groups excluding carboxylic acids is 2. The quantitative estimate of drug-likeness (QED) is 0.234. The largest absolute Gasteiger partial charge is 0.497 e. The number of hydrogen-bond donors (Lipinski definition) is 1. The highest BCUT2D eigenvalue weighted by atomic mass is 35.5. The smallest absolute Gasteiger partial charge is 0.243 e. The first-order valence-corrected chi connectivity index (χ1v) is 17.4. The summed E-state index contributed by atoms with van der Waals surface area (Å²) in [5, 5.41) is 3.75. The van der Waals surface area contributed by atoms with Crippen molar-refractivity contribution in [2.45, 2.75) is 70.0 Å². The number of methoxy groups -OCH3 is 1. The maximum Gasteiger partial charge on any atom is 0.243 e. The first-order valence-electron chi connectivity index (χ1n) is 15.1. The van der Waals surface area contributed by atoms with Crippen molar-refractivity contribution < 1.29 is 22.7 Å². The van der Waals surface area contributed by atoms with Crippen LogP contribution in [-0.4, -0.2) is 57.1 Å². The van der Waals surface area contributed by atoms with Gasteiger partial charge in [-0.05, 0) is 48.6 Å². The van der Waals surface area contributed by atoms with Crippen LogP contribution in [0.15, 0.2) is 78.9 Å². The van der Waals surface area contributed by atoms with E-state index in [0.29, 0.717) is 22.9 Å². The highest BCUT2D eigenvalue weighted by Gasteiger charge is 2.32. The van der Waals surface area contributed by atoms with Crippen molar-refractivity contribution in [2.24, 2.45) is 0 Å². The van der Waals surface area contributed by atoms with Crippen LogP contribution in [0.25, 0.3) is 0 Å². The first kappa shape index (κ1) is 33.3. The van der Waals surface area contributed by atoms with E-state index in [1.807, 2.05) is 48.5 Å². The molecular weight excluding hydrogens is 598 g/mol. The molecule has 236 valence electrons. The van der Waals surface area contributed by atoms with Crippen molar-refractivity contribution in [1.29, 1.82) is 0 Å². The van der Waals surface area contributed by atoms with E-state index in [2.05, 4.69) is 5.32 Å². The second-order valence-corrected chi connectivity index (χ2v) is 13.6. The molecule has 3 aromatic rings. The van der Waals surface area contributed by atoms with Crippen LogP contribution in [0.2, 0.25) is 5.02 Å². The third kappa shape index (κ3) is 9.47. The number of anilines is 1. The van der Waals surface area contributed by atoms with Crippen LogP contribution in [0.1, 0.15) is 56.1 Å². The standard InChI is InChI=1S/C34H42ClN3O5S/c1-43-30-19-11-18-29(24-30)38(44(2,41)42)22-12-21-33(39)37(25-27-15-9-10-20-31(27)35)32(23-26-13-5-3-6-14-26)34(40)36-28-16-7-4-8-17-28/h3,5-6,9-11,13-15,18-20,24,28,32H,4,7-8,12,16-17,21-23,25H2,1-2H3,(H,36,40)/t32-/m1/s1. The minimum absolute atomic E-state index is 0.0441. The van der Waals surface area contributed by atoms with Gasteiger partial charge in [0.25, 0.3) is 0 Å². The van der Waals surface area contributed by atoms with Gasteiger partial charge in [-0.3, -0.25) is 13.9 Å². The Morgan fingerprint density at radius 3 is 2.36 bits per heavy atom. The van der Waals surface area contributed by atoms with Gasteiger partial charge in [-0.15, -0.1) is 0 Å². The fourth-order valence-electron chi connectivity index (χ4n) is 5.68. The van der Waals surface area contributed by atoms with Gasteiger partial charge < -0.3 is 15.0 Å². The summed E-state index contributed by atoms with van der Waals surface area (Å²) in [5.74, 6) is 0.102. The number of sulfonamides is 1. The van der Waals surface area contributed by atoms with E-state index in [-0.39, 0.29) is 43.8 Å². The van der Waals surface area contributed by atoms with Gasteiger partial charge in [0.05, 0.1) is 19.1 Å². The lowest BCUT2D eigenvalue weighted by Crippen LogP contribution is -2.53. The summed E-state index contributed by atoms with van der Waals surface area (Å²) in [7, 11) is -2.11. The highest BCUT2D eigenvalue weighted by molar-refractivity contribution is 7.92. The molecule has 1 aliphatic carbocycles. The van der Waals surface area contributed by atoms with Crippen LogP contribution in [0, 0.1) is 0 Å². The first-order chi connectivity index (χ1) is 21.2. The number of benzene rings is 3. The molecule has 1 saturated carbocycles. The summed E-state index contributed by atoms with van der Waals surface area (Å²) >= 11 is 6.54. The van der Waals surface area contributed by atoms with Gasteiger partial charge >= 0.3 is 0 Å². The van der Waals surface area contributed by atoms with Crippen molar-refractivity contribution in [3.8, 4) is 5.75 Å². The van der Waals surface area contributed by atoms with Gasteiger partial charge in [-0.2, -0.15) is 0 Å². The third-order valence-electron chi connectivity index (χ3n) is 8.01. The average molecular weight is 640 g/mol. The number of nitrogens with one attached hydrogen (secondary N) is 1. The van der Waals surface area contributed by atoms with Gasteiger partial charge in [0.1, 0.15) is 11.8 Å². The molecule has 0 aliphatic heterocycles. The number of rotatable bonds is 14. The Morgan fingerprint density at radius 2 is 1.68 bits per heavy atom. The molecule has 8 nitrogen and oxygen atoms in total. The Labute approximate surface area is 266 Å². The summed E-state index contributed by atoms with van der Waals surface area (Å²) < 4.78 is 32.0. The molecule has 1 aliphatic rings. The summed E-state index contributed by atoms with van der Waals surface area (Å²) in [6, 6.07) is 23.1. The number of ether oxygens (including phenoxy) is 1. The predicted molar refractivity (Wildman–Crippen MR) is 175 cm³/mol. The molecule has 0 spiro atoms. The molecule has 0 unspecified atom stereocenters. The zero-order valence-electron chi connectivity index (χ0n) is 25.5. The fourth-order valence-corrected chi connectivity index (χ4v) is 6.83. The molecule has 1 N–H and O–H groups in total. The van der Waals surface area contributed by atoms with Crippen molar-refractivity contribution >= 4 is 39.1 Å². The van der Waals surface area contributed by atoms with Crippen molar-refractivity contribution in [2.75, 3.05) is 24.2 Å². The topological polar surface area (TPSA) is 96.0 Å². The van der Waals surface area contributed by atoms with Crippen LogP contribution in [0.5, 0.6) is 5.75 Å². The Balaban J connectivity index is 1.59. The number of nitrogens with zero attached hydrogens (tertiary/aromatic N) is 2. The van der Waals surface area contributed by atoms with Crippen LogP contribution in [0.3, 0.4) is 0 Å². The van der Waals surface area contributed by atoms with Gasteiger partial charge in [-0.25, -0.2) is 8.42 Å². The molecule has 1 atom stereocenters. The predicted octanol–water partition coefficient (Wildman–Crippen LogP) is 5.98. The maximum atomic E-state index is 14.1. The molecule has 0 aromatic heterocycles. The Morgan fingerprint density at radius 1 is 0.977 bits per heavy atom. The normalized spacial score (nSPS) is 14.4. The van der Waals surface area contributed by atoms with E-state index in [1.54, 1.807) is 35.2 Å². The minimum atomic E-state index is -3.63. The fraction of sp³-hybridized carbons (Fsp3) is 0.412. The van der Waals surface area contributed by atoms with E-state index in [4.69, 9.17) is 16.3 Å². The summed E-state index contributed by atoms with van der Waals surface area (Å²) in [5.41, 5.74) is 2.13. The summed E-state index contributed by atoms with van der Waals surface area (Å²) in [6.07, 6.45) is 6.94. The van der Waals surface area contributed by atoms with Crippen LogP contribution < -0.4 is 14.4 Å². The lowest BCUT2D eigenvalue weighted by molar-refractivity contribution is -0.141. The van der Waals surface area contributed by atoms with Crippen LogP contribution in [-0.2, 0) is 32.6 Å². The highest BCUT2D eigenvalue weighted by Crippen LogP contribution is 2.25. The molecule has 2 amide bonds. The van der Waals surface area contributed by atoms with E-state index in [9.17, 15) is 18.0 Å². The van der Waals surface area contributed by atoms with E-state index < -0.39 is 16.1 Å². The minimum Gasteiger partial charge on any atom is -0.497 e. The van der Waals surface area contributed by atoms with Crippen LogP contribution in [0.4, 0.5) is 5.69 Å². The van der Waals surface area contributed by atoms with Gasteiger partial charge in [0.2, 0.25) is 21.8 Å². The lowest BCUT2D eigenvalue weighted by Gasteiger charge is -2.34. The molecule has 4 rings (SSSR count). The van der Waals surface area contributed by atoms with E-state index in [0.717, 1.165) is 49.5 Å². The number of halogens is 1. The number of carbonyl (C=O) groups is 2. The summed E-state index contributed by atoms with van der Waals surface area (Å²) in [6.45, 7) is 0.245. The molecule has 0 radical (unpaired) electrons. The molecule has 0 saturated heterocycles. The summed E-state index contributed by atoms with van der Waals surface area (Å²) in [4.78, 5) is 29.6. The van der Waals surface area contributed by atoms with Crippen molar-refractivity contribution in [1.82, 2.24) is 10.2 Å². The maximum absolute atomic E-state index is 14.1. The molecule has 0 bridgehead atoms. The Bertz CT molecular complexity index is 1500. The van der Waals surface area contributed by atoms with Gasteiger partial charge in [0.15, 0.2) is 0 Å². The van der Waals surface area contributed by atoms with Gasteiger partial charge in [-0.1, -0.05) is 85.5 Å². The molecular formula is C34H42ClN3O5S. The molecule has 1 fully saturated rings. The zero-order chi connectivity index (χ0) is 31.5. The number of hydrogen-bond acceptors (Lipinski definition) is 5. The Kier molecular flexibility index (Phi) is 12.1. The van der Waals surface area contributed by atoms with Gasteiger partial charge in [0, 0.05) is 43.1 Å². The molecule has 3 aromatic carbocycles. The average Bonchev–Trinajstić information content (AvgIpc) is 3.02.